The van der Waals surface area contributed by atoms with Crippen molar-refractivity contribution in [1.82, 2.24) is 0 Å². The van der Waals surface area contributed by atoms with Gasteiger partial charge in [0.15, 0.2) is 0 Å². The third-order valence-corrected chi connectivity index (χ3v) is 3.62. The fourth-order valence-corrected chi connectivity index (χ4v) is 2.04. The number of ether oxygens (including phenoxy) is 1. The van der Waals surface area contributed by atoms with Crippen LogP contribution < -0.4 is 4.74 Å². The molecule has 0 radical (unpaired) electrons. The van der Waals surface area contributed by atoms with Crippen LogP contribution in [0.3, 0.4) is 0 Å². The zero-order chi connectivity index (χ0) is 16.4. The van der Waals surface area contributed by atoms with E-state index in [1.54, 1.807) is 25.1 Å². The van der Waals surface area contributed by atoms with Crippen LogP contribution in [0, 0.1) is 0 Å². The number of carbonyl (C=O) groups is 1. The summed E-state index contributed by atoms with van der Waals surface area (Å²) in [6, 6.07) is 3.46. The molecule has 3 heteroatoms. The molecule has 0 saturated heterocycles. The van der Waals surface area contributed by atoms with E-state index in [-0.39, 0.29) is 17.1 Å². The molecule has 0 bridgehead atoms. The molecule has 116 valence electrons. The minimum absolute atomic E-state index is 0.240. The standard InChI is InChI=1S/C18H26O3/c1-8-15(19)21-12-10-13(17(3,4)5)16(20)14(11-12)18(6,7)9-2/h9-11,20H,2,8H2,1,3-7H3. The molecule has 0 amide bonds. The normalized spacial score (nSPS) is 12.1. The summed E-state index contributed by atoms with van der Waals surface area (Å²) >= 11 is 0. The molecule has 0 atom stereocenters. The van der Waals surface area contributed by atoms with Crippen molar-refractivity contribution >= 4 is 5.97 Å². The van der Waals surface area contributed by atoms with Gasteiger partial charge in [0.2, 0.25) is 0 Å². The molecule has 0 aromatic heterocycles. The molecule has 3 nitrogen and oxygen atoms in total. The van der Waals surface area contributed by atoms with Crippen molar-refractivity contribution in [1.29, 1.82) is 0 Å². The Kier molecular flexibility index (Phi) is 4.87. The molecule has 21 heavy (non-hydrogen) atoms. The van der Waals surface area contributed by atoms with Gasteiger partial charge in [-0.2, -0.15) is 0 Å². The van der Waals surface area contributed by atoms with Crippen LogP contribution in [-0.4, -0.2) is 11.1 Å². The number of phenolic OH excluding ortho intramolecular Hbond substituents is 1. The van der Waals surface area contributed by atoms with E-state index in [1.165, 1.54) is 0 Å². The average molecular weight is 290 g/mol. The Morgan fingerprint density at radius 1 is 1.24 bits per heavy atom. The summed E-state index contributed by atoms with van der Waals surface area (Å²) in [6.45, 7) is 15.5. The summed E-state index contributed by atoms with van der Waals surface area (Å²) in [6.07, 6.45) is 2.09. The Morgan fingerprint density at radius 3 is 2.19 bits per heavy atom. The summed E-state index contributed by atoms with van der Waals surface area (Å²) in [5, 5.41) is 10.6. The topological polar surface area (TPSA) is 46.5 Å². The predicted molar refractivity (Wildman–Crippen MR) is 86.0 cm³/mol. The van der Waals surface area contributed by atoms with Gasteiger partial charge >= 0.3 is 5.97 Å². The highest BCUT2D eigenvalue weighted by molar-refractivity contribution is 5.72. The smallest absolute Gasteiger partial charge is 0.310 e. The van der Waals surface area contributed by atoms with Crippen LogP contribution in [0.5, 0.6) is 11.5 Å². The number of aromatic hydroxyl groups is 1. The van der Waals surface area contributed by atoms with E-state index in [1.807, 2.05) is 34.6 Å². The number of esters is 1. The SMILES string of the molecule is C=CC(C)(C)c1cc(OC(=O)CC)cc(C(C)(C)C)c1O. The Bertz CT molecular complexity index is 548. The molecule has 1 rings (SSSR count). The number of hydrogen-bond donors (Lipinski definition) is 1. The summed E-state index contributed by atoms with van der Waals surface area (Å²) in [4.78, 5) is 11.6. The van der Waals surface area contributed by atoms with Crippen molar-refractivity contribution in [3.05, 3.63) is 35.9 Å². The molecule has 0 fully saturated rings. The maximum atomic E-state index is 11.6. The second-order valence-electron chi connectivity index (χ2n) is 6.87. The lowest BCUT2D eigenvalue weighted by Gasteiger charge is -2.28. The second kappa shape index (κ2) is 5.92. The fraction of sp³-hybridized carbons (Fsp3) is 0.500. The second-order valence-corrected chi connectivity index (χ2v) is 6.87. The van der Waals surface area contributed by atoms with Crippen molar-refractivity contribution in [2.45, 2.75) is 58.8 Å². The summed E-state index contributed by atoms with van der Waals surface area (Å²) < 4.78 is 5.35. The highest BCUT2D eigenvalue weighted by Gasteiger charge is 2.28. The van der Waals surface area contributed by atoms with Crippen molar-refractivity contribution < 1.29 is 14.6 Å². The highest BCUT2D eigenvalue weighted by atomic mass is 16.5. The van der Waals surface area contributed by atoms with Crippen LogP contribution in [0.1, 0.15) is 59.1 Å². The molecule has 0 heterocycles. The molecular weight excluding hydrogens is 264 g/mol. The van der Waals surface area contributed by atoms with Gasteiger partial charge in [0.05, 0.1) is 0 Å². The van der Waals surface area contributed by atoms with Crippen molar-refractivity contribution in [3.8, 4) is 11.5 Å². The number of carbonyl (C=O) groups excluding carboxylic acids is 1. The quantitative estimate of drug-likeness (QED) is 0.505. The number of phenols is 1. The Hall–Kier alpha value is -1.77. The first-order valence-electron chi connectivity index (χ1n) is 7.25. The number of hydrogen-bond acceptors (Lipinski definition) is 3. The zero-order valence-corrected chi connectivity index (χ0v) is 13.9. The van der Waals surface area contributed by atoms with Crippen molar-refractivity contribution in [3.63, 3.8) is 0 Å². The van der Waals surface area contributed by atoms with Gasteiger partial charge in [0.25, 0.3) is 0 Å². The van der Waals surface area contributed by atoms with Crippen LogP contribution in [-0.2, 0) is 15.6 Å². The summed E-state index contributed by atoms with van der Waals surface area (Å²) in [7, 11) is 0. The van der Waals surface area contributed by atoms with Gasteiger partial charge in [0, 0.05) is 23.0 Å². The van der Waals surface area contributed by atoms with Crippen LogP contribution in [0.2, 0.25) is 0 Å². The van der Waals surface area contributed by atoms with Gasteiger partial charge < -0.3 is 9.84 Å². The summed E-state index contributed by atoms with van der Waals surface area (Å²) in [5.41, 5.74) is 0.793. The highest BCUT2D eigenvalue weighted by Crippen LogP contribution is 2.42. The predicted octanol–water partition coefficient (Wildman–Crippen LogP) is 4.47. The van der Waals surface area contributed by atoms with Gasteiger partial charge in [0.1, 0.15) is 11.5 Å². The van der Waals surface area contributed by atoms with Gasteiger partial charge in [-0.3, -0.25) is 4.79 Å². The van der Waals surface area contributed by atoms with Gasteiger partial charge in [-0.25, -0.2) is 0 Å². The maximum absolute atomic E-state index is 11.6. The molecule has 0 saturated carbocycles. The van der Waals surface area contributed by atoms with Gasteiger partial charge in [-0.1, -0.05) is 47.6 Å². The van der Waals surface area contributed by atoms with Crippen molar-refractivity contribution in [2.24, 2.45) is 0 Å². The third-order valence-electron chi connectivity index (χ3n) is 3.62. The maximum Gasteiger partial charge on any atom is 0.310 e. The number of allylic oxidation sites excluding steroid dienone is 1. The third kappa shape index (κ3) is 3.87. The van der Waals surface area contributed by atoms with Crippen LogP contribution in [0.4, 0.5) is 0 Å². The molecule has 0 unspecified atom stereocenters. The zero-order valence-electron chi connectivity index (χ0n) is 13.9. The minimum Gasteiger partial charge on any atom is -0.507 e. The molecule has 1 N–H and O–H groups in total. The van der Waals surface area contributed by atoms with E-state index in [2.05, 4.69) is 6.58 Å². The lowest BCUT2D eigenvalue weighted by Crippen LogP contribution is -2.19. The van der Waals surface area contributed by atoms with Crippen LogP contribution in [0.25, 0.3) is 0 Å². The number of benzene rings is 1. The van der Waals surface area contributed by atoms with E-state index in [0.717, 1.165) is 5.56 Å². The first kappa shape index (κ1) is 17.3. The number of rotatable bonds is 4. The fourth-order valence-electron chi connectivity index (χ4n) is 2.04. The van der Waals surface area contributed by atoms with Crippen LogP contribution >= 0.6 is 0 Å². The largest absolute Gasteiger partial charge is 0.507 e. The lowest BCUT2D eigenvalue weighted by atomic mass is 9.78. The molecule has 0 aliphatic carbocycles. The molecule has 0 aliphatic heterocycles. The van der Waals surface area contributed by atoms with Crippen molar-refractivity contribution in [2.75, 3.05) is 0 Å². The van der Waals surface area contributed by atoms with Gasteiger partial charge in [-0.15, -0.1) is 6.58 Å². The van der Waals surface area contributed by atoms with E-state index >= 15 is 0 Å². The Labute approximate surface area is 127 Å². The van der Waals surface area contributed by atoms with Gasteiger partial charge in [-0.05, 0) is 17.5 Å². The van der Waals surface area contributed by atoms with E-state index in [0.29, 0.717) is 17.7 Å². The molecule has 0 spiro atoms. The molecule has 0 aliphatic rings. The first-order valence-corrected chi connectivity index (χ1v) is 7.25. The Morgan fingerprint density at radius 2 is 1.76 bits per heavy atom. The first-order chi connectivity index (χ1) is 9.52. The summed E-state index contributed by atoms with van der Waals surface area (Å²) in [5.74, 6) is 0.418. The molecule has 1 aromatic carbocycles. The Balaban J connectivity index is 3.53. The van der Waals surface area contributed by atoms with E-state index in [4.69, 9.17) is 4.74 Å². The monoisotopic (exact) mass is 290 g/mol. The van der Waals surface area contributed by atoms with E-state index < -0.39 is 5.41 Å². The minimum atomic E-state index is -0.418. The lowest BCUT2D eigenvalue weighted by molar-refractivity contribution is -0.134. The average Bonchev–Trinajstić information content (AvgIpc) is 2.38. The van der Waals surface area contributed by atoms with Crippen LogP contribution in [0.15, 0.2) is 24.8 Å². The molecular formula is C18H26O3. The van der Waals surface area contributed by atoms with E-state index in [9.17, 15) is 9.90 Å². The molecule has 1 aromatic rings.